The van der Waals surface area contributed by atoms with E-state index in [0.717, 1.165) is 17.0 Å². The van der Waals surface area contributed by atoms with Crippen LogP contribution in [0.2, 0.25) is 5.02 Å². The number of carbonyl (C=O) groups excluding carboxylic acids is 2. The molecule has 2 aliphatic rings. The zero-order chi connectivity index (χ0) is 24.0. The zero-order valence-corrected chi connectivity index (χ0v) is 18.6. The Hall–Kier alpha value is -3.55. The minimum Gasteiger partial charge on any atom is -0.480 e. The Kier molecular flexibility index (Phi) is 5.46. The van der Waals surface area contributed by atoms with Gasteiger partial charge in [0, 0.05) is 17.5 Å². The molecule has 6 nitrogen and oxygen atoms in total. The third-order valence-corrected chi connectivity index (χ3v) is 6.93. The van der Waals surface area contributed by atoms with Crippen LogP contribution in [0.1, 0.15) is 17.2 Å². The molecule has 4 atom stereocenters. The van der Waals surface area contributed by atoms with Gasteiger partial charge in [-0.2, -0.15) is 0 Å². The second-order valence-electron chi connectivity index (χ2n) is 8.60. The zero-order valence-electron chi connectivity index (χ0n) is 17.8. The fourth-order valence-corrected chi connectivity index (χ4v) is 5.28. The highest BCUT2D eigenvalue weighted by atomic mass is 35.5. The monoisotopic (exact) mass is 478 g/mol. The Labute approximate surface area is 200 Å². The third-order valence-electron chi connectivity index (χ3n) is 6.68. The Morgan fingerprint density at radius 3 is 2.24 bits per heavy atom. The summed E-state index contributed by atoms with van der Waals surface area (Å²) in [5.74, 6) is -4.99. The van der Waals surface area contributed by atoms with Crippen molar-refractivity contribution in [3.63, 3.8) is 0 Å². The van der Waals surface area contributed by atoms with Crippen LogP contribution in [0.4, 0.5) is 10.1 Å². The highest BCUT2D eigenvalue weighted by Crippen LogP contribution is 2.51. The number of hydrogen-bond acceptors (Lipinski definition) is 4. The molecule has 2 N–H and O–H groups in total. The van der Waals surface area contributed by atoms with E-state index in [1.165, 1.54) is 12.1 Å². The van der Waals surface area contributed by atoms with Gasteiger partial charge in [-0.3, -0.25) is 19.7 Å². The van der Waals surface area contributed by atoms with Crippen LogP contribution >= 0.6 is 11.6 Å². The molecule has 34 heavy (non-hydrogen) atoms. The molecule has 8 heteroatoms. The van der Waals surface area contributed by atoms with E-state index in [9.17, 15) is 23.9 Å². The fourth-order valence-electron chi connectivity index (χ4n) is 5.16. The molecule has 3 aromatic rings. The number of hydrogen-bond donors (Lipinski definition) is 2. The summed E-state index contributed by atoms with van der Waals surface area (Å²) in [7, 11) is 0. The number of amides is 2. The summed E-state index contributed by atoms with van der Waals surface area (Å²) in [5.41, 5.74) is -0.150. The normalized spacial score (nSPS) is 26.1. The number of rotatable bonds is 5. The van der Waals surface area contributed by atoms with Crippen LogP contribution in [0.5, 0.6) is 0 Å². The van der Waals surface area contributed by atoms with Crippen LogP contribution in [-0.2, 0) is 20.8 Å². The summed E-state index contributed by atoms with van der Waals surface area (Å²) in [5, 5.41) is 14.1. The molecule has 0 radical (unpaired) electrons. The van der Waals surface area contributed by atoms with Crippen LogP contribution in [0.15, 0.2) is 78.9 Å². The largest absolute Gasteiger partial charge is 0.480 e. The molecule has 172 valence electrons. The molecule has 5 rings (SSSR count). The molecule has 2 aliphatic heterocycles. The van der Waals surface area contributed by atoms with Crippen molar-refractivity contribution in [2.24, 2.45) is 11.8 Å². The number of halogens is 2. The van der Waals surface area contributed by atoms with Crippen molar-refractivity contribution in [2.45, 2.75) is 18.0 Å². The van der Waals surface area contributed by atoms with Crippen molar-refractivity contribution in [3.8, 4) is 0 Å². The number of nitrogens with one attached hydrogen (secondary N) is 1. The maximum Gasteiger partial charge on any atom is 0.325 e. The fraction of sp³-hybridized carbons (Fsp3) is 0.192. The highest BCUT2D eigenvalue weighted by Gasteiger charge is 2.68. The first-order chi connectivity index (χ1) is 16.3. The van der Waals surface area contributed by atoms with Crippen molar-refractivity contribution < 1.29 is 23.9 Å². The first kappa shape index (κ1) is 22.3. The lowest BCUT2D eigenvalue weighted by atomic mass is 9.76. The Morgan fingerprint density at radius 1 is 0.971 bits per heavy atom. The van der Waals surface area contributed by atoms with E-state index >= 15 is 0 Å². The van der Waals surface area contributed by atoms with Crippen molar-refractivity contribution in [1.82, 2.24) is 5.32 Å². The second kappa shape index (κ2) is 8.34. The topological polar surface area (TPSA) is 86.7 Å². The number of carboxylic acids is 1. The molecular formula is C26H20ClFN2O4. The van der Waals surface area contributed by atoms with Crippen LogP contribution in [0.3, 0.4) is 0 Å². The maximum atomic E-state index is 13.7. The lowest BCUT2D eigenvalue weighted by Crippen LogP contribution is -2.57. The van der Waals surface area contributed by atoms with Gasteiger partial charge in [-0.15, -0.1) is 0 Å². The minimum absolute atomic E-state index is 0.00467. The lowest BCUT2D eigenvalue weighted by molar-refractivity contribution is -0.148. The number of imide groups is 1. The highest BCUT2D eigenvalue weighted by molar-refractivity contribution is 6.30. The molecule has 0 aliphatic carbocycles. The van der Waals surface area contributed by atoms with Crippen molar-refractivity contribution in [2.75, 3.05) is 4.90 Å². The van der Waals surface area contributed by atoms with Crippen LogP contribution in [-0.4, -0.2) is 28.4 Å². The number of carboxylic acid groups (broad SMARTS) is 1. The van der Waals surface area contributed by atoms with Gasteiger partial charge in [-0.1, -0.05) is 54.1 Å². The summed E-state index contributed by atoms with van der Waals surface area (Å²) in [4.78, 5) is 41.2. The van der Waals surface area contributed by atoms with Gasteiger partial charge in [0.25, 0.3) is 0 Å². The molecule has 0 saturated carbocycles. The van der Waals surface area contributed by atoms with E-state index in [0.29, 0.717) is 16.1 Å². The Bertz CT molecular complexity index is 1270. The van der Waals surface area contributed by atoms with E-state index in [4.69, 9.17) is 11.6 Å². The summed E-state index contributed by atoms with van der Waals surface area (Å²) in [6.45, 7) is 0. The average Bonchev–Trinajstić information content (AvgIpc) is 3.30. The predicted molar refractivity (Wildman–Crippen MR) is 124 cm³/mol. The minimum atomic E-state index is -1.72. The van der Waals surface area contributed by atoms with Crippen LogP contribution in [0, 0.1) is 17.7 Å². The van der Waals surface area contributed by atoms with Crippen LogP contribution < -0.4 is 10.2 Å². The first-order valence-electron chi connectivity index (χ1n) is 10.8. The Balaban J connectivity index is 1.65. The van der Waals surface area contributed by atoms with Crippen LogP contribution in [0.25, 0.3) is 0 Å². The first-order valence-corrected chi connectivity index (χ1v) is 11.1. The summed E-state index contributed by atoms with van der Waals surface area (Å²) < 4.78 is 13.5. The van der Waals surface area contributed by atoms with Gasteiger partial charge in [-0.05, 0) is 47.5 Å². The SMILES string of the molecule is O=C1C2C(c3ccc(Cl)cc3)NC(Cc3ccccc3)(C(=O)O)C2C(=O)N1c1ccc(F)cc1. The molecule has 0 aromatic heterocycles. The number of benzene rings is 3. The van der Waals surface area contributed by atoms with Gasteiger partial charge in [-0.25, -0.2) is 9.29 Å². The molecule has 2 heterocycles. The molecule has 4 unspecified atom stereocenters. The third kappa shape index (κ3) is 3.48. The van der Waals surface area contributed by atoms with Crippen molar-refractivity contribution in [1.29, 1.82) is 0 Å². The van der Waals surface area contributed by atoms with Gasteiger partial charge in [0.1, 0.15) is 11.4 Å². The van der Waals surface area contributed by atoms with Crippen molar-refractivity contribution >= 4 is 35.1 Å². The van der Waals surface area contributed by atoms with E-state index < -0.39 is 47.0 Å². The molecule has 0 spiro atoms. The molecule has 2 saturated heterocycles. The van der Waals surface area contributed by atoms with Gasteiger partial charge < -0.3 is 5.11 Å². The van der Waals surface area contributed by atoms with Gasteiger partial charge in [0.05, 0.1) is 17.5 Å². The maximum absolute atomic E-state index is 13.7. The average molecular weight is 479 g/mol. The number of nitrogens with zero attached hydrogens (tertiary/aromatic N) is 1. The lowest BCUT2D eigenvalue weighted by Gasteiger charge is -2.31. The molecular weight excluding hydrogens is 459 g/mol. The standard InChI is InChI=1S/C26H20ClFN2O4/c27-17-8-6-16(7-9-17)22-20-21(24(32)30(23(20)31)19-12-10-18(28)11-13-19)26(29-22,25(33)34)14-15-4-2-1-3-5-15/h1-13,20-22,29H,14H2,(H,33,34). The quantitative estimate of drug-likeness (QED) is 0.541. The van der Waals surface area contributed by atoms with Gasteiger partial charge >= 0.3 is 5.97 Å². The summed E-state index contributed by atoms with van der Waals surface area (Å²) in [6, 6.07) is 20.0. The number of aliphatic carboxylic acids is 1. The van der Waals surface area contributed by atoms with Gasteiger partial charge in [0.2, 0.25) is 11.8 Å². The summed E-state index contributed by atoms with van der Waals surface area (Å²) >= 11 is 6.04. The molecule has 3 aromatic carbocycles. The van der Waals surface area contributed by atoms with E-state index in [2.05, 4.69) is 5.32 Å². The second-order valence-corrected chi connectivity index (χ2v) is 9.04. The van der Waals surface area contributed by atoms with Gasteiger partial charge in [0.15, 0.2) is 0 Å². The molecule has 2 fully saturated rings. The van der Waals surface area contributed by atoms with E-state index in [1.54, 1.807) is 48.5 Å². The smallest absolute Gasteiger partial charge is 0.325 e. The predicted octanol–water partition coefficient (Wildman–Crippen LogP) is 4.00. The summed E-state index contributed by atoms with van der Waals surface area (Å²) in [6.07, 6.45) is 0.00467. The number of anilines is 1. The molecule has 0 bridgehead atoms. The van der Waals surface area contributed by atoms with Crippen molar-refractivity contribution in [3.05, 3.63) is 101 Å². The molecule has 2 amide bonds. The van der Waals surface area contributed by atoms with E-state index in [1.807, 2.05) is 6.07 Å². The van der Waals surface area contributed by atoms with E-state index in [-0.39, 0.29) is 12.1 Å². The number of carbonyl (C=O) groups is 3. The Morgan fingerprint density at radius 2 is 1.62 bits per heavy atom. The number of fused-ring (bicyclic) bond motifs is 1.